The molecule has 0 bridgehead atoms. The van der Waals surface area contributed by atoms with Gasteiger partial charge in [0.25, 0.3) is 0 Å². The summed E-state index contributed by atoms with van der Waals surface area (Å²) in [4.78, 5) is 6.71. The number of methoxy groups -OCH3 is 1. The molecular weight excluding hydrogens is 370 g/mol. The van der Waals surface area contributed by atoms with Crippen LogP contribution in [-0.2, 0) is 11.3 Å². The predicted octanol–water partition coefficient (Wildman–Crippen LogP) is 5.63. The molecule has 30 heavy (non-hydrogen) atoms. The summed E-state index contributed by atoms with van der Waals surface area (Å²) in [6.45, 7) is 6.71. The number of nitrogens with zero attached hydrogens (tertiary/aromatic N) is 2. The fraction of sp³-hybridized carbons (Fsp3) is 0.269. The normalized spacial score (nSPS) is 12.4. The van der Waals surface area contributed by atoms with Gasteiger partial charge in [-0.1, -0.05) is 30.2 Å². The minimum atomic E-state index is 0.780. The Morgan fingerprint density at radius 1 is 1.13 bits per heavy atom. The van der Waals surface area contributed by atoms with Gasteiger partial charge in [0.1, 0.15) is 11.6 Å². The second kappa shape index (κ2) is 11.6. The summed E-state index contributed by atoms with van der Waals surface area (Å²) in [7, 11) is 5.81. The molecule has 0 aliphatic heterocycles. The number of rotatable bonds is 8. The lowest BCUT2D eigenvalue weighted by Gasteiger charge is -2.11. The standard InChI is InChI=1S/C26H31N3O/c1-7-9-10-24(25(8-2)30-6)20(3)17-27-26-16-15-23(18-28-26)22-13-11-21(12-14-22)19-29(4)5/h8,10-18H,19H2,1-6H3,(H,27,28)/b20-17+,24-10-,25-8+. The van der Waals surface area contributed by atoms with Crippen molar-refractivity contribution in [3.63, 3.8) is 0 Å². The van der Waals surface area contributed by atoms with Gasteiger partial charge in [-0.25, -0.2) is 4.98 Å². The molecule has 1 aromatic carbocycles. The number of nitrogens with one attached hydrogen (secondary N) is 1. The number of aromatic nitrogens is 1. The molecule has 0 radical (unpaired) electrons. The second-order valence-corrected chi connectivity index (χ2v) is 7.15. The summed E-state index contributed by atoms with van der Waals surface area (Å²) < 4.78 is 5.46. The smallest absolute Gasteiger partial charge is 0.129 e. The molecule has 0 saturated heterocycles. The van der Waals surface area contributed by atoms with Crippen LogP contribution < -0.4 is 5.32 Å². The van der Waals surface area contributed by atoms with Crippen molar-refractivity contribution >= 4 is 5.82 Å². The Kier molecular flexibility index (Phi) is 8.93. The van der Waals surface area contributed by atoms with Crippen LogP contribution in [0.4, 0.5) is 5.82 Å². The van der Waals surface area contributed by atoms with Crippen LogP contribution in [0.5, 0.6) is 0 Å². The maximum absolute atomic E-state index is 5.46. The zero-order valence-corrected chi connectivity index (χ0v) is 18.8. The third-order valence-corrected chi connectivity index (χ3v) is 4.52. The van der Waals surface area contributed by atoms with Gasteiger partial charge in [0.2, 0.25) is 0 Å². The van der Waals surface area contributed by atoms with Crippen molar-refractivity contribution in [3.05, 3.63) is 83.4 Å². The van der Waals surface area contributed by atoms with E-state index in [0.29, 0.717) is 0 Å². The first-order valence-electron chi connectivity index (χ1n) is 9.95. The largest absolute Gasteiger partial charge is 0.496 e. The van der Waals surface area contributed by atoms with Gasteiger partial charge >= 0.3 is 0 Å². The average molecular weight is 402 g/mol. The van der Waals surface area contributed by atoms with Gasteiger partial charge in [0.15, 0.2) is 0 Å². The summed E-state index contributed by atoms with van der Waals surface area (Å²) in [6.07, 6.45) is 7.60. The van der Waals surface area contributed by atoms with E-state index in [0.717, 1.165) is 40.4 Å². The van der Waals surface area contributed by atoms with Crippen molar-refractivity contribution in [2.45, 2.75) is 27.3 Å². The molecule has 0 amide bonds. The van der Waals surface area contributed by atoms with E-state index >= 15 is 0 Å². The first-order valence-corrected chi connectivity index (χ1v) is 9.95. The maximum Gasteiger partial charge on any atom is 0.129 e. The van der Waals surface area contributed by atoms with Crippen LogP contribution in [0.2, 0.25) is 0 Å². The molecule has 0 fully saturated rings. The number of anilines is 1. The molecule has 0 aliphatic carbocycles. The Labute approximate surface area is 181 Å². The van der Waals surface area contributed by atoms with Crippen LogP contribution in [0.25, 0.3) is 11.1 Å². The highest BCUT2D eigenvalue weighted by molar-refractivity contribution is 5.64. The van der Waals surface area contributed by atoms with Crippen LogP contribution in [-0.4, -0.2) is 31.1 Å². The monoisotopic (exact) mass is 401 g/mol. The zero-order valence-electron chi connectivity index (χ0n) is 18.8. The molecule has 2 rings (SSSR count). The number of allylic oxidation sites excluding steroid dienone is 3. The van der Waals surface area contributed by atoms with E-state index in [1.807, 2.05) is 51.4 Å². The minimum Gasteiger partial charge on any atom is -0.496 e. The summed E-state index contributed by atoms with van der Waals surface area (Å²) >= 11 is 0. The van der Waals surface area contributed by atoms with E-state index in [4.69, 9.17) is 4.74 Å². The van der Waals surface area contributed by atoms with Crippen LogP contribution in [0.3, 0.4) is 0 Å². The third kappa shape index (κ3) is 6.65. The van der Waals surface area contributed by atoms with Gasteiger partial charge in [0.05, 0.1) is 7.11 Å². The lowest BCUT2D eigenvalue weighted by molar-refractivity contribution is 0.301. The Morgan fingerprint density at radius 3 is 2.37 bits per heavy atom. The van der Waals surface area contributed by atoms with Gasteiger partial charge in [-0.2, -0.15) is 0 Å². The van der Waals surface area contributed by atoms with Gasteiger partial charge in [0, 0.05) is 30.1 Å². The number of hydrogen-bond donors (Lipinski definition) is 1. The molecule has 4 nitrogen and oxygen atoms in total. The molecule has 0 unspecified atom stereocenters. The molecule has 0 saturated carbocycles. The quantitative estimate of drug-likeness (QED) is 0.354. The summed E-state index contributed by atoms with van der Waals surface area (Å²) in [5, 5.41) is 3.26. The Bertz CT molecular complexity index is 970. The van der Waals surface area contributed by atoms with E-state index in [1.54, 1.807) is 7.11 Å². The number of pyridine rings is 1. The molecule has 1 N–H and O–H groups in total. The molecule has 0 aliphatic rings. The minimum absolute atomic E-state index is 0.780. The fourth-order valence-corrected chi connectivity index (χ4v) is 2.98. The SMILES string of the molecule is CC#C/C=C(C(/C)=C/Nc1ccc(-c2ccc(CN(C)C)cc2)cn1)\C(=C/C)OC. The lowest BCUT2D eigenvalue weighted by Crippen LogP contribution is -2.10. The summed E-state index contributed by atoms with van der Waals surface area (Å²) in [5.41, 5.74) is 5.49. The summed E-state index contributed by atoms with van der Waals surface area (Å²) in [5.74, 6) is 7.46. The predicted molar refractivity (Wildman–Crippen MR) is 127 cm³/mol. The van der Waals surface area contributed by atoms with Crippen molar-refractivity contribution in [1.29, 1.82) is 0 Å². The molecule has 1 aromatic heterocycles. The zero-order chi connectivity index (χ0) is 21.9. The van der Waals surface area contributed by atoms with E-state index in [-0.39, 0.29) is 0 Å². The van der Waals surface area contributed by atoms with Crippen molar-refractivity contribution in [2.75, 3.05) is 26.5 Å². The fourth-order valence-electron chi connectivity index (χ4n) is 2.98. The summed E-state index contributed by atoms with van der Waals surface area (Å²) in [6, 6.07) is 12.7. The molecule has 156 valence electrons. The Hall–Kier alpha value is -3.29. The van der Waals surface area contributed by atoms with E-state index in [9.17, 15) is 0 Å². The van der Waals surface area contributed by atoms with Crippen molar-refractivity contribution < 1.29 is 4.74 Å². The highest BCUT2D eigenvalue weighted by Gasteiger charge is 2.07. The van der Waals surface area contributed by atoms with Gasteiger partial charge < -0.3 is 15.0 Å². The topological polar surface area (TPSA) is 37.4 Å². The molecular formula is C26H31N3O. The third-order valence-electron chi connectivity index (χ3n) is 4.52. The molecule has 4 heteroatoms. The number of hydrogen-bond acceptors (Lipinski definition) is 4. The lowest BCUT2D eigenvalue weighted by atomic mass is 10.1. The van der Waals surface area contributed by atoms with E-state index in [2.05, 4.69) is 71.5 Å². The molecule has 0 spiro atoms. The highest BCUT2D eigenvalue weighted by atomic mass is 16.5. The van der Waals surface area contributed by atoms with Crippen molar-refractivity contribution in [2.24, 2.45) is 0 Å². The Morgan fingerprint density at radius 2 is 1.83 bits per heavy atom. The molecule has 0 atom stereocenters. The Balaban J connectivity index is 2.13. The van der Waals surface area contributed by atoms with Crippen molar-refractivity contribution in [1.82, 2.24) is 9.88 Å². The first-order chi connectivity index (χ1) is 14.5. The van der Waals surface area contributed by atoms with Gasteiger partial charge in [-0.3, -0.25) is 0 Å². The maximum atomic E-state index is 5.46. The van der Waals surface area contributed by atoms with Crippen LogP contribution in [0.1, 0.15) is 26.3 Å². The highest BCUT2D eigenvalue weighted by Crippen LogP contribution is 2.22. The average Bonchev–Trinajstić information content (AvgIpc) is 2.75. The van der Waals surface area contributed by atoms with Crippen LogP contribution in [0, 0.1) is 11.8 Å². The van der Waals surface area contributed by atoms with Crippen LogP contribution in [0.15, 0.2) is 77.9 Å². The van der Waals surface area contributed by atoms with Gasteiger partial charge in [-0.05, 0) is 75.9 Å². The van der Waals surface area contributed by atoms with E-state index < -0.39 is 0 Å². The second-order valence-electron chi connectivity index (χ2n) is 7.15. The van der Waals surface area contributed by atoms with Crippen LogP contribution >= 0.6 is 0 Å². The number of ether oxygens (including phenoxy) is 1. The number of benzene rings is 1. The molecule has 1 heterocycles. The first kappa shape index (κ1) is 23.0. The van der Waals surface area contributed by atoms with Gasteiger partial charge in [-0.15, -0.1) is 5.92 Å². The molecule has 2 aromatic rings. The van der Waals surface area contributed by atoms with E-state index in [1.165, 1.54) is 5.56 Å². The van der Waals surface area contributed by atoms with Crippen molar-refractivity contribution in [3.8, 4) is 23.0 Å².